The van der Waals surface area contributed by atoms with Crippen LogP contribution in [0.15, 0.2) is 36.4 Å². The number of hydrogen-bond donors (Lipinski definition) is 1. The van der Waals surface area contributed by atoms with Crippen molar-refractivity contribution in [2.24, 2.45) is 5.73 Å². The lowest BCUT2D eigenvalue weighted by molar-refractivity contribution is 0.295. The largest absolute Gasteiger partial charge is 0.491 e. The van der Waals surface area contributed by atoms with Crippen molar-refractivity contribution in [2.45, 2.75) is 12.6 Å². The molecule has 2 aromatic carbocycles. The molecule has 1 aliphatic heterocycles. The number of ether oxygens (including phenoxy) is 2. The van der Waals surface area contributed by atoms with Crippen LogP contribution in [0.2, 0.25) is 0 Å². The number of rotatable bonds is 3. The van der Waals surface area contributed by atoms with Crippen LogP contribution >= 0.6 is 0 Å². The van der Waals surface area contributed by atoms with Gasteiger partial charge in [0, 0.05) is 17.2 Å². The van der Waals surface area contributed by atoms with Gasteiger partial charge < -0.3 is 15.2 Å². The van der Waals surface area contributed by atoms with Crippen LogP contribution in [0.4, 0.5) is 4.39 Å². The lowest BCUT2D eigenvalue weighted by Crippen LogP contribution is -2.10. The zero-order valence-electron chi connectivity index (χ0n) is 11.2. The fourth-order valence-corrected chi connectivity index (χ4v) is 2.24. The summed E-state index contributed by atoms with van der Waals surface area (Å²) in [5.74, 6) is 0.732. The molecule has 1 atom stereocenters. The molecule has 0 spiro atoms. The van der Waals surface area contributed by atoms with E-state index >= 15 is 0 Å². The van der Waals surface area contributed by atoms with Gasteiger partial charge in [-0.2, -0.15) is 5.26 Å². The van der Waals surface area contributed by atoms with Gasteiger partial charge in [-0.1, -0.05) is 12.1 Å². The van der Waals surface area contributed by atoms with E-state index in [2.05, 4.69) is 0 Å². The molecular formula is C16H13FN2O2. The maximum Gasteiger partial charge on any atom is 0.147 e. The zero-order chi connectivity index (χ0) is 14.8. The number of nitrogens with zero attached hydrogens (tertiary/aromatic N) is 1. The van der Waals surface area contributed by atoms with E-state index in [1.807, 2.05) is 12.1 Å². The van der Waals surface area contributed by atoms with E-state index < -0.39 is 5.82 Å². The van der Waals surface area contributed by atoms with E-state index in [1.54, 1.807) is 24.3 Å². The number of hydrogen-bond acceptors (Lipinski definition) is 4. The lowest BCUT2D eigenvalue weighted by Gasteiger charge is -2.09. The van der Waals surface area contributed by atoms with Crippen LogP contribution in [-0.2, 0) is 6.61 Å². The van der Waals surface area contributed by atoms with Crippen molar-refractivity contribution in [1.29, 1.82) is 5.26 Å². The standard InChI is InChI=1S/C16H13FN2O2/c17-16-10(7-18)2-1-3-11(16)8-20-12-4-5-13-14(19)9-21-15(13)6-12/h1-6,14H,8-9,19H2. The molecule has 0 radical (unpaired) electrons. The number of halogens is 1. The van der Waals surface area contributed by atoms with Crippen LogP contribution in [0.1, 0.15) is 22.7 Å². The highest BCUT2D eigenvalue weighted by Crippen LogP contribution is 2.34. The van der Waals surface area contributed by atoms with Gasteiger partial charge in [0.2, 0.25) is 0 Å². The zero-order valence-corrected chi connectivity index (χ0v) is 11.2. The first-order valence-corrected chi connectivity index (χ1v) is 6.51. The van der Waals surface area contributed by atoms with Gasteiger partial charge in [-0.3, -0.25) is 0 Å². The van der Waals surface area contributed by atoms with Gasteiger partial charge in [0.15, 0.2) is 0 Å². The first-order chi connectivity index (χ1) is 10.2. The van der Waals surface area contributed by atoms with Gasteiger partial charge in [0.05, 0.1) is 11.6 Å². The molecule has 3 rings (SSSR count). The fourth-order valence-electron chi connectivity index (χ4n) is 2.24. The van der Waals surface area contributed by atoms with Crippen molar-refractivity contribution in [2.75, 3.05) is 6.61 Å². The van der Waals surface area contributed by atoms with Crippen LogP contribution in [0.3, 0.4) is 0 Å². The molecule has 106 valence electrons. The summed E-state index contributed by atoms with van der Waals surface area (Å²) in [5, 5.41) is 8.80. The molecule has 5 heteroatoms. The third-order valence-electron chi connectivity index (χ3n) is 3.40. The molecule has 1 aliphatic rings. The Morgan fingerprint density at radius 3 is 3.05 bits per heavy atom. The monoisotopic (exact) mass is 284 g/mol. The first kappa shape index (κ1) is 13.4. The van der Waals surface area contributed by atoms with Gasteiger partial charge >= 0.3 is 0 Å². The summed E-state index contributed by atoms with van der Waals surface area (Å²) in [5.41, 5.74) is 7.16. The molecule has 2 aromatic rings. The maximum absolute atomic E-state index is 13.9. The molecular weight excluding hydrogens is 271 g/mol. The predicted octanol–water partition coefficient (Wildman–Crippen LogP) is 2.67. The number of benzene rings is 2. The van der Waals surface area contributed by atoms with Gasteiger partial charge in [0.25, 0.3) is 0 Å². The Balaban J connectivity index is 1.76. The second-order valence-corrected chi connectivity index (χ2v) is 4.80. The molecule has 2 N–H and O–H groups in total. The van der Waals surface area contributed by atoms with Crippen molar-refractivity contribution in [3.8, 4) is 17.6 Å². The Bertz CT molecular complexity index is 725. The molecule has 0 bridgehead atoms. The highest BCUT2D eigenvalue weighted by Gasteiger charge is 2.20. The van der Waals surface area contributed by atoms with E-state index in [4.69, 9.17) is 20.5 Å². The first-order valence-electron chi connectivity index (χ1n) is 6.51. The van der Waals surface area contributed by atoms with Gasteiger partial charge in [-0.15, -0.1) is 0 Å². The molecule has 0 aromatic heterocycles. The summed E-state index contributed by atoms with van der Waals surface area (Å²) < 4.78 is 24.9. The van der Waals surface area contributed by atoms with Gasteiger partial charge in [0.1, 0.15) is 36.6 Å². The Morgan fingerprint density at radius 1 is 1.38 bits per heavy atom. The number of fused-ring (bicyclic) bond motifs is 1. The van der Waals surface area contributed by atoms with E-state index in [-0.39, 0.29) is 18.2 Å². The normalized spacial score (nSPS) is 16.0. The third-order valence-corrected chi connectivity index (χ3v) is 3.40. The summed E-state index contributed by atoms with van der Waals surface area (Å²) >= 11 is 0. The van der Waals surface area contributed by atoms with E-state index in [0.717, 1.165) is 5.56 Å². The van der Waals surface area contributed by atoms with Crippen LogP contribution in [0, 0.1) is 17.1 Å². The summed E-state index contributed by atoms with van der Waals surface area (Å²) in [4.78, 5) is 0. The minimum Gasteiger partial charge on any atom is -0.491 e. The molecule has 0 saturated heterocycles. The second-order valence-electron chi connectivity index (χ2n) is 4.80. The van der Waals surface area contributed by atoms with Crippen molar-refractivity contribution >= 4 is 0 Å². The average Bonchev–Trinajstić information content (AvgIpc) is 2.87. The summed E-state index contributed by atoms with van der Waals surface area (Å²) in [6.07, 6.45) is 0. The molecule has 21 heavy (non-hydrogen) atoms. The van der Waals surface area contributed by atoms with Crippen LogP contribution in [0.5, 0.6) is 11.5 Å². The minimum atomic E-state index is -0.542. The van der Waals surface area contributed by atoms with Crippen molar-refractivity contribution in [1.82, 2.24) is 0 Å². The summed E-state index contributed by atoms with van der Waals surface area (Å²) in [6.45, 7) is 0.504. The Morgan fingerprint density at radius 2 is 2.24 bits per heavy atom. The molecule has 1 heterocycles. The van der Waals surface area contributed by atoms with E-state index in [1.165, 1.54) is 6.07 Å². The molecule has 0 aliphatic carbocycles. The quantitative estimate of drug-likeness (QED) is 0.940. The van der Waals surface area contributed by atoms with Crippen LogP contribution in [-0.4, -0.2) is 6.61 Å². The smallest absolute Gasteiger partial charge is 0.147 e. The Labute approximate surface area is 121 Å². The van der Waals surface area contributed by atoms with Crippen LogP contribution < -0.4 is 15.2 Å². The molecule has 4 nitrogen and oxygen atoms in total. The SMILES string of the molecule is N#Cc1cccc(COc2ccc3c(c2)OCC3N)c1F. The maximum atomic E-state index is 13.9. The van der Waals surface area contributed by atoms with Crippen molar-refractivity contribution in [3.63, 3.8) is 0 Å². The average molecular weight is 284 g/mol. The highest BCUT2D eigenvalue weighted by atomic mass is 19.1. The lowest BCUT2D eigenvalue weighted by atomic mass is 10.1. The van der Waals surface area contributed by atoms with Crippen molar-refractivity contribution in [3.05, 3.63) is 58.9 Å². The molecule has 1 unspecified atom stereocenters. The summed E-state index contributed by atoms with van der Waals surface area (Å²) in [7, 11) is 0. The minimum absolute atomic E-state index is 0.0133. The van der Waals surface area contributed by atoms with Gasteiger partial charge in [-0.05, 0) is 18.2 Å². The molecule has 0 fully saturated rings. The predicted molar refractivity (Wildman–Crippen MR) is 74.3 cm³/mol. The molecule has 0 amide bonds. The van der Waals surface area contributed by atoms with Crippen LogP contribution in [0.25, 0.3) is 0 Å². The number of nitriles is 1. The van der Waals surface area contributed by atoms with E-state index in [0.29, 0.717) is 23.7 Å². The Kier molecular flexibility index (Phi) is 3.46. The van der Waals surface area contributed by atoms with Crippen molar-refractivity contribution < 1.29 is 13.9 Å². The molecule has 0 saturated carbocycles. The van der Waals surface area contributed by atoms with Gasteiger partial charge in [-0.25, -0.2) is 4.39 Å². The summed E-state index contributed by atoms with van der Waals surface area (Å²) in [6, 6.07) is 11.7. The Hall–Kier alpha value is -2.58. The highest BCUT2D eigenvalue weighted by molar-refractivity contribution is 5.45. The topological polar surface area (TPSA) is 68.3 Å². The second kappa shape index (κ2) is 5.43. The third kappa shape index (κ3) is 2.54. The fraction of sp³-hybridized carbons (Fsp3) is 0.188. The number of nitrogens with two attached hydrogens (primary N) is 1. The van der Waals surface area contributed by atoms with E-state index in [9.17, 15) is 4.39 Å².